The Balaban J connectivity index is 2.66. The van der Waals surface area contributed by atoms with Gasteiger partial charge in [-0.25, -0.2) is 0 Å². The first-order valence-corrected chi connectivity index (χ1v) is 6.30. The van der Waals surface area contributed by atoms with E-state index in [1.807, 2.05) is 32.0 Å². The van der Waals surface area contributed by atoms with Crippen LogP contribution in [-0.4, -0.2) is 18.5 Å². The molecule has 1 atom stereocenters. The van der Waals surface area contributed by atoms with Crippen molar-refractivity contribution >= 4 is 11.8 Å². The molecule has 0 aliphatic heterocycles. The quantitative estimate of drug-likeness (QED) is 0.841. The first-order valence-electron chi connectivity index (χ1n) is 5.31. The molecular weight excluding hydrogens is 247 g/mol. The zero-order valence-electron chi connectivity index (χ0n) is 9.84. The third kappa shape index (κ3) is 4.24. The summed E-state index contributed by atoms with van der Waals surface area (Å²) in [5.41, 5.74) is 7.27. The fourth-order valence-electron chi connectivity index (χ4n) is 1.45. The first kappa shape index (κ1) is 14.4. The third-order valence-corrected chi connectivity index (χ3v) is 3.86. The molecule has 0 radical (unpaired) electrons. The highest BCUT2D eigenvalue weighted by molar-refractivity contribution is 7.99. The summed E-state index contributed by atoms with van der Waals surface area (Å²) in [5, 5.41) is 0. The molecule has 5 heteroatoms. The van der Waals surface area contributed by atoms with Crippen LogP contribution >= 0.6 is 11.8 Å². The highest BCUT2D eigenvalue weighted by Gasteiger charge is 2.38. The van der Waals surface area contributed by atoms with Crippen LogP contribution in [0.5, 0.6) is 0 Å². The van der Waals surface area contributed by atoms with Gasteiger partial charge < -0.3 is 5.73 Å². The molecule has 0 saturated heterocycles. The second-order valence-electron chi connectivity index (χ2n) is 4.05. The number of nitrogens with two attached hydrogens (primary N) is 1. The van der Waals surface area contributed by atoms with E-state index >= 15 is 0 Å². The van der Waals surface area contributed by atoms with Crippen LogP contribution in [0.3, 0.4) is 0 Å². The Bertz CT molecular complexity index is 377. The Morgan fingerprint density at radius 1 is 1.29 bits per heavy atom. The van der Waals surface area contributed by atoms with Gasteiger partial charge in [0.05, 0.1) is 5.92 Å². The Kier molecular flexibility index (Phi) is 4.89. The van der Waals surface area contributed by atoms with Crippen LogP contribution in [0.25, 0.3) is 0 Å². The average molecular weight is 263 g/mol. The summed E-state index contributed by atoms with van der Waals surface area (Å²) in [4.78, 5) is 0.887. The van der Waals surface area contributed by atoms with Gasteiger partial charge in [0.25, 0.3) is 0 Å². The summed E-state index contributed by atoms with van der Waals surface area (Å²) >= 11 is 1.22. The summed E-state index contributed by atoms with van der Waals surface area (Å²) in [7, 11) is 0. The average Bonchev–Trinajstić information content (AvgIpc) is 2.19. The van der Waals surface area contributed by atoms with E-state index in [1.54, 1.807) is 0 Å². The zero-order valence-corrected chi connectivity index (χ0v) is 10.7. The highest BCUT2D eigenvalue weighted by Crippen LogP contribution is 2.32. The van der Waals surface area contributed by atoms with Crippen molar-refractivity contribution in [2.45, 2.75) is 24.9 Å². The summed E-state index contributed by atoms with van der Waals surface area (Å²) in [6.45, 7) is 3.50. The summed E-state index contributed by atoms with van der Waals surface area (Å²) in [6, 6.07) is 5.73. The molecule has 17 heavy (non-hydrogen) atoms. The van der Waals surface area contributed by atoms with Crippen LogP contribution in [0.15, 0.2) is 23.1 Å². The van der Waals surface area contributed by atoms with E-state index in [1.165, 1.54) is 11.8 Å². The van der Waals surface area contributed by atoms with E-state index in [2.05, 4.69) is 0 Å². The number of alkyl halides is 3. The van der Waals surface area contributed by atoms with Crippen molar-refractivity contribution in [1.82, 2.24) is 0 Å². The lowest BCUT2D eigenvalue weighted by atomic mass is 10.2. The minimum Gasteiger partial charge on any atom is -0.330 e. The number of hydrogen-bond donors (Lipinski definition) is 1. The molecular formula is C12H16F3NS. The SMILES string of the molecule is Cc1ccc(SCC(CN)C(F)(F)F)c(C)c1. The Morgan fingerprint density at radius 2 is 1.94 bits per heavy atom. The molecule has 0 fully saturated rings. The van der Waals surface area contributed by atoms with E-state index in [0.29, 0.717) is 0 Å². The van der Waals surface area contributed by atoms with Crippen LogP contribution in [0.4, 0.5) is 13.2 Å². The van der Waals surface area contributed by atoms with Crippen molar-refractivity contribution < 1.29 is 13.2 Å². The molecule has 0 heterocycles. The van der Waals surface area contributed by atoms with Crippen LogP contribution in [-0.2, 0) is 0 Å². The molecule has 1 nitrogen and oxygen atoms in total. The third-order valence-electron chi connectivity index (χ3n) is 2.52. The van der Waals surface area contributed by atoms with Gasteiger partial charge in [-0.1, -0.05) is 17.7 Å². The fourth-order valence-corrected chi connectivity index (χ4v) is 2.60. The molecule has 0 aliphatic rings. The summed E-state index contributed by atoms with van der Waals surface area (Å²) in [6.07, 6.45) is -4.21. The van der Waals surface area contributed by atoms with Gasteiger partial charge in [-0.15, -0.1) is 11.8 Å². The predicted molar refractivity (Wildman–Crippen MR) is 65.2 cm³/mol. The molecule has 0 saturated carbocycles. The number of benzene rings is 1. The van der Waals surface area contributed by atoms with Crippen molar-refractivity contribution in [3.8, 4) is 0 Å². The van der Waals surface area contributed by atoms with Crippen molar-refractivity contribution in [3.05, 3.63) is 29.3 Å². The molecule has 0 aromatic heterocycles. The van der Waals surface area contributed by atoms with Crippen LogP contribution < -0.4 is 5.73 Å². The summed E-state index contributed by atoms with van der Waals surface area (Å²) < 4.78 is 37.5. The number of thioether (sulfide) groups is 1. The van der Waals surface area contributed by atoms with Crippen molar-refractivity contribution in [2.75, 3.05) is 12.3 Å². The van der Waals surface area contributed by atoms with Gasteiger partial charge in [0.2, 0.25) is 0 Å². The number of hydrogen-bond acceptors (Lipinski definition) is 2. The molecule has 0 spiro atoms. The maximum absolute atomic E-state index is 12.5. The maximum Gasteiger partial charge on any atom is 0.393 e. The Hall–Kier alpha value is -0.680. The molecule has 1 unspecified atom stereocenters. The van der Waals surface area contributed by atoms with E-state index in [-0.39, 0.29) is 12.3 Å². The first-order chi connectivity index (χ1) is 7.84. The second kappa shape index (κ2) is 5.78. The molecule has 0 bridgehead atoms. The number of halogens is 3. The molecule has 1 aromatic rings. The van der Waals surface area contributed by atoms with Crippen LogP contribution in [0.1, 0.15) is 11.1 Å². The van der Waals surface area contributed by atoms with Crippen LogP contribution in [0, 0.1) is 19.8 Å². The normalized spacial score (nSPS) is 13.8. The highest BCUT2D eigenvalue weighted by atomic mass is 32.2. The fraction of sp³-hybridized carbons (Fsp3) is 0.500. The van der Waals surface area contributed by atoms with E-state index in [4.69, 9.17) is 5.73 Å². The zero-order chi connectivity index (χ0) is 13.1. The van der Waals surface area contributed by atoms with Gasteiger partial charge in [-0.3, -0.25) is 0 Å². The maximum atomic E-state index is 12.5. The lowest BCUT2D eigenvalue weighted by Gasteiger charge is -2.18. The smallest absolute Gasteiger partial charge is 0.330 e. The van der Waals surface area contributed by atoms with Gasteiger partial charge in [-0.05, 0) is 25.5 Å². The molecule has 2 N–H and O–H groups in total. The van der Waals surface area contributed by atoms with Gasteiger partial charge >= 0.3 is 6.18 Å². The van der Waals surface area contributed by atoms with Gasteiger partial charge in [-0.2, -0.15) is 13.2 Å². The predicted octanol–water partition coefficient (Wildman–Crippen LogP) is 3.53. The number of aryl methyl sites for hydroxylation is 2. The molecule has 1 aromatic carbocycles. The molecule has 96 valence electrons. The minimum absolute atomic E-state index is 0.0239. The largest absolute Gasteiger partial charge is 0.393 e. The van der Waals surface area contributed by atoms with Gasteiger partial charge in [0.15, 0.2) is 0 Å². The van der Waals surface area contributed by atoms with E-state index in [9.17, 15) is 13.2 Å². The summed E-state index contributed by atoms with van der Waals surface area (Å²) in [5.74, 6) is -1.46. The standard InChI is InChI=1S/C12H16F3NS/c1-8-3-4-11(9(2)5-8)17-7-10(6-16)12(13,14)15/h3-5,10H,6-7,16H2,1-2H3. The molecule has 0 amide bonds. The Labute approximate surface area is 104 Å². The van der Waals surface area contributed by atoms with E-state index < -0.39 is 12.1 Å². The lowest BCUT2D eigenvalue weighted by molar-refractivity contribution is -0.165. The minimum atomic E-state index is -4.21. The monoisotopic (exact) mass is 263 g/mol. The van der Waals surface area contributed by atoms with Crippen molar-refractivity contribution in [3.63, 3.8) is 0 Å². The second-order valence-corrected chi connectivity index (χ2v) is 5.12. The van der Waals surface area contributed by atoms with Crippen LogP contribution in [0.2, 0.25) is 0 Å². The van der Waals surface area contributed by atoms with Gasteiger partial charge in [0, 0.05) is 17.2 Å². The molecule has 1 rings (SSSR count). The number of rotatable bonds is 4. The van der Waals surface area contributed by atoms with Gasteiger partial charge in [0.1, 0.15) is 0 Å². The topological polar surface area (TPSA) is 26.0 Å². The Morgan fingerprint density at radius 3 is 2.41 bits per heavy atom. The molecule has 0 aliphatic carbocycles. The van der Waals surface area contributed by atoms with Crippen molar-refractivity contribution in [1.29, 1.82) is 0 Å². The van der Waals surface area contributed by atoms with E-state index in [0.717, 1.165) is 16.0 Å². The lowest BCUT2D eigenvalue weighted by Crippen LogP contribution is -2.32. The van der Waals surface area contributed by atoms with Crippen molar-refractivity contribution in [2.24, 2.45) is 11.7 Å².